The lowest BCUT2D eigenvalue weighted by molar-refractivity contribution is 0.445. The van der Waals surface area contributed by atoms with Crippen LogP contribution in [0.25, 0.3) is 22.8 Å². The number of rotatable bonds is 14. The second-order valence-electron chi connectivity index (χ2n) is 10.1. The van der Waals surface area contributed by atoms with Crippen molar-refractivity contribution in [1.29, 1.82) is 0 Å². The molecular formula is C31H43N3O2. The molecule has 194 valence electrons. The van der Waals surface area contributed by atoms with Gasteiger partial charge in [-0.25, -0.2) is 15.0 Å². The molecule has 3 rings (SSSR count). The highest BCUT2D eigenvalue weighted by Crippen LogP contribution is 2.33. The Hall–Kier alpha value is -2.95. The van der Waals surface area contributed by atoms with E-state index < -0.39 is 0 Å². The Morgan fingerprint density at radius 3 is 1.47 bits per heavy atom. The summed E-state index contributed by atoms with van der Waals surface area (Å²) in [5, 5.41) is 21.6. The van der Waals surface area contributed by atoms with Crippen LogP contribution in [0.3, 0.4) is 0 Å². The van der Waals surface area contributed by atoms with Crippen LogP contribution in [0.5, 0.6) is 11.5 Å². The number of unbranched alkanes of at least 4 members (excludes halogenated alkanes) is 2. The smallest absolute Gasteiger partial charge is 0.167 e. The van der Waals surface area contributed by atoms with Gasteiger partial charge in [0.15, 0.2) is 11.6 Å². The van der Waals surface area contributed by atoms with E-state index in [1.54, 1.807) is 0 Å². The first kappa shape index (κ1) is 27.6. The normalized spacial score (nSPS) is 13.0. The van der Waals surface area contributed by atoms with E-state index in [1.807, 2.05) is 24.3 Å². The molecule has 1 aromatic heterocycles. The van der Waals surface area contributed by atoms with Crippen LogP contribution in [0.1, 0.15) is 90.2 Å². The highest BCUT2D eigenvalue weighted by Gasteiger charge is 2.16. The van der Waals surface area contributed by atoms with Crippen LogP contribution in [0.2, 0.25) is 0 Å². The zero-order chi connectivity index (χ0) is 25.9. The van der Waals surface area contributed by atoms with Crippen LogP contribution in [0.15, 0.2) is 42.7 Å². The van der Waals surface area contributed by atoms with E-state index in [-0.39, 0.29) is 11.5 Å². The topological polar surface area (TPSA) is 79.1 Å². The maximum atomic E-state index is 10.8. The quantitative estimate of drug-likeness (QED) is 0.239. The molecule has 0 bridgehead atoms. The highest BCUT2D eigenvalue weighted by molar-refractivity contribution is 5.69. The van der Waals surface area contributed by atoms with Crippen LogP contribution in [0.4, 0.5) is 0 Å². The van der Waals surface area contributed by atoms with Crippen LogP contribution in [0, 0.1) is 11.8 Å². The van der Waals surface area contributed by atoms with Crippen molar-refractivity contribution in [3.8, 4) is 34.3 Å². The molecule has 0 saturated heterocycles. The molecule has 0 aliphatic rings. The van der Waals surface area contributed by atoms with E-state index in [9.17, 15) is 10.2 Å². The zero-order valence-electron chi connectivity index (χ0n) is 22.5. The highest BCUT2D eigenvalue weighted by atomic mass is 16.3. The van der Waals surface area contributed by atoms with Crippen molar-refractivity contribution in [1.82, 2.24) is 15.0 Å². The molecule has 0 aliphatic carbocycles. The molecule has 0 aliphatic heterocycles. The van der Waals surface area contributed by atoms with Gasteiger partial charge in [0.1, 0.15) is 17.8 Å². The van der Waals surface area contributed by atoms with Crippen molar-refractivity contribution in [2.75, 3.05) is 0 Å². The lowest BCUT2D eigenvalue weighted by Crippen LogP contribution is -2.04. The molecular weight excluding hydrogens is 446 g/mol. The number of hydrogen-bond acceptors (Lipinski definition) is 5. The zero-order valence-corrected chi connectivity index (χ0v) is 22.5. The van der Waals surface area contributed by atoms with E-state index in [2.05, 4.69) is 54.8 Å². The van der Waals surface area contributed by atoms with E-state index >= 15 is 0 Å². The Balaban J connectivity index is 1.78. The van der Waals surface area contributed by atoms with Crippen LogP contribution in [-0.4, -0.2) is 25.2 Å². The Morgan fingerprint density at radius 2 is 1.11 bits per heavy atom. The molecule has 0 amide bonds. The summed E-state index contributed by atoms with van der Waals surface area (Å²) in [5.74, 6) is 2.40. The first-order valence-corrected chi connectivity index (χ1v) is 13.8. The summed E-state index contributed by atoms with van der Waals surface area (Å²) in [6.07, 6.45) is 13.0. The van der Waals surface area contributed by atoms with Gasteiger partial charge in [0.25, 0.3) is 0 Å². The summed E-state index contributed by atoms with van der Waals surface area (Å²) in [7, 11) is 0. The van der Waals surface area contributed by atoms with Gasteiger partial charge >= 0.3 is 0 Å². The lowest BCUT2D eigenvalue weighted by Gasteiger charge is -2.15. The maximum Gasteiger partial charge on any atom is 0.167 e. The SMILES string of the molecule is CCCCC(CC)Cc1ccc(-c2ncnc(-c3ccc(CC(CC)CCCC)cc3O)n2)c(O)c1. The Labute approximate surface area is 217 Å². The second-order valence-corrected chi connectivity index (χ2v) is 10.1. The fraction of sp³-hybridized carbons (Fsp3) is 0.516. The van der Waals surface area contributed by atoms with Crippen molar-refractivity contribution in [2.45, 2.75) is 91.9 Å². The molecule has 0 spiro atoms. The summed E-state index contributed by atoms with van der Waals surface area (Å²) in [6.45, 7) is 8.91. The van der Waals surface area contributed by atoms with Crippen molar-refractivity contribution in [2.24, 2.45) is 11.8 Å². The summed E-state index contributed by atoms with van der Waals surface area (Å²) < 4.78 is 0. The average Bonchev–Trinajstić information content (AvgIpc) is 2.89. The predicted molar refractivity (Wildman–Crippen MR) is 148 cm³/mol. The molecule has 2 N–H and O–H groups in total. The molecule has 2 aromatic carbocycles. The first-order chi connectivity index (χ1) is 17.5. The van der Waals surface area contributed by atoms with Gasteiger partial charge in [0.05, 0.1) is 11.1 Å². The molecule has 1 heterocycles. The number of aromatic hydroxyl groups is 2. The standard InChI is InChI=1S/C31H43N3O2/c1-5-9-11-22(7-3)17-24-13-15-26(28(35)19-24)30-32-21-33-31(34-30)27-16-14-25(20-29(27)36)18-23(8-4)12-10-6-2/h13-16,19-23,35-36H,5-12,17-18H2,1-4H3. The van der Waals surface area contributed by atoms with Crippen LogP contribution in [-0.2, 0) is 12.8 Å². The fourth-order valence-corrected chi connectivity index (χ4v) is 4.90. The largest absolute Gasteiger partial charge is 0.507 e. The summed E-state index contributed by atoms with van der Waals surface area (Å²) >= 11 is 0. The summed E-state index contributed by atoms with van der Waals surface area (Å²) in [6, 6.07) is 11.6. The monoisotopic (exact) mass is 489 g/mol. The third kappa shape index (κ3) is 7.52. The van der Waals surface area contributed by atoms with Crippen molar-refractivity contribution in [3.63, 3.8) is 0 Å². The van der Waals surface area contributed by atoms with Crippen LogP contribution < -0.4 is 0 Å². The number of phenolic OH excluding ortho intramolecular Hbond substituents is 2. The number of hydrogen-bond donors (Lipinski definition) is 2. The molecule has 36 heavy (non-hydrogen) atoms. The van der Waals surface area contributed by atoms with Gasteiger partial charge in [-0.3, -0.25) is 0 Å². The minimum atomic E-state index is 0.173. The minimum absolute atomic E-state index is 0.173. The van der Waals surface area contributed by atoms with Gasteiger partial charge in [0, 0.05) is 0 Å². The second kappa shape index (κ2) is 14.0. The Bertz CT molecular complexity index is 1020. The average molecular weight is 490 g/mol. The van der Waals surface area contributed by atoms with Gasteiger partial charge in [-0.05, 0) is 60.1 Å². The van der Waals surface area contributed by atoms with Gasteiger partial charge in [-0.15, -0.1) is 0 Å². The predicted octanol–water partition coefficient (Wildman–Crippen LogP) is 8.13. The Morgan fingerprint density at radius 1 is 0.667 bits per heavy atom. The first-order valence-electron chi connectivity index (χ1n) is 13.8. The number of nitrogens with zero attached hydrogens (tertiary/aromatic N) is 3. The molecule has 2 unspecified atom stereocenters. The van der Waals surface area contributed by atoms with Crippen molar-refractivity contribution >= 4 is 0 Å². The van der Waals surface area contributed by atoms with Gasteiger partial charge in [0.2, 0.25) is 0 Å². The van der Waals surface area contributed by atoms with Crippen molar-refractivity contribution < 1.29 is 10.2 Å². The van der Waals surface area contributed by atoms with Gasteiger partial charge in [-0.1, -0.05) is 91.2 Å². The number of aromatic nitrogens is 3. The molecule has 5 heteroatoms. The Kier molecular flexibility index (Phi) is 10.7. The van der Waals surface area contributed by atoms with Crippen LogP contribution >= 0.6 is 0 Å². The van der Waals surface area contributed by atoms with E-state index in [0.29, 0.717) is 34.6 Å². The minimum Gasteiger partial charge on any atom is -0.507 e. The van der Waals surface area contributed by atoms with E-state index in [1.165, 1.54) is 44.9 Å². The molecule has 5 nitrogen and oxygen atoms in total. The third-order valence-electron chi connectivity index (χ3n) is 7.31. The lowest BCUT2D eigenvalue weighted by atomic mass is 9.91. The van der Waals surface area contributed by atoms with E-state index in [4.69, 9.17) is 0 Å². The molecule has 2 atom stereocenters. The number of benzene rings is 2. The van der Waals surface area contributed by atoms with E-state index in [0.717, 1.165) is 36.8 Å². The molecule has 0 radical (unpaired) electrons. The summed E-state index contributed by atoms with van der Waals surface area (Å²) in [4.78, 5) is 13.2. The molecule has 0 saturated carbocycles. The number of phenols is 2. The fourth-order valence-electron chi connectivity index (χ4n) is 4.90. The molecule has 3 aromatic rings. The van der Waals surface area contributed by atoms with Gasteiger partial charge < -0.3 is 10.2 Å². The molecule has 0 fully saturated rings. The van der Waals surface area contributed by atoms with Crippen molar-refractivity contribution in [3.05, 3.63) is 53.9 Å². The summed E-state index contributed by atoms with van der Waals surface area (Å²) in [5.41, 5.74) is 3.40. The van der Waals surface area contributed by atoms with Gasteiger partial charge in [-0.2, -0.15) is 0 Å². The maximum absolute atomic E-state index is 10.8. The third-order valence-corrected chi connectivity index (χ3v) is 7.31.